The Kier molecular flexibility index (Phi) is 8.78. The quantitative estimate of drug-likeness (QED) is 0.189. The number of benzene rings is 2. The summed E-state index contributed by atoms with van der Waals surface area (Å²) in [5, 5.41) is 7.43. The van der Waals surface area contributed by atoms with Gasteiger partial charge >= 0.3 is 0 Å². The molecule has 0 bridgehead atoms. The van der Waals surface area contributed by atoms with Gasteiger partial charge in [0, 0.05) is 62.0 Å². The van der Waals surface area contributed by atoms with Gasteiger partial charge in [0.1, 0.15) is 41.0 Å². The molecule has 1 saturated carbocycles. The average molecular weight is 638 g/mol. The number of halogens is 1. The zero-order valence-electron chi connectivity index (χ0n) is 26.6. The van der Waals surface area contributed by atoms with E-state index >= 15 is 4.39 Å². The summed E-state index contributed by atoms with van der Waals surface area (Å²) in [5.41, 5.74) is 1.69. The standard InChI is InChI=1S/C36H40FN7O3/c1-3-35(45)43-14-11-25(12-15-43)41-32-18-28-31(19-33(32)46-2)39-22-40-36(28)42-30-9-8-26(16-29(30)37)47-27-10-13-38-34(17-27)44-20-23-6-4-5-7-24(23)21-44/h3,8-10,13,16-19,22-25,41H,1,4-7,11-12,14-15,20-21H2,2H3,(H,39,40,42)/t23-,24+. The van der Waals surface area contributed by atoms with Gasteiger partial charge in [0.25, 0.3) is 0 Å². The van der Waals surface area contributed by atoms with Gasteiger partial charge < -0.3 is 29.9 Å². The number of amides is 1. The van der Waals surface area contributed by atoms with Gasteiger partial charge in [-0.2, -0.15) is 0 Å². The maximum absolute atomic E-state index is 15.5. The van der Waals surface area contributed by atoms with Crippen LogP contribution in [0.2, 0.25) is 0 Å². The van der Waals surface area contributed by atoms with Crippen LogP contribution in [-0.2, 0) is 4.79 Å². The highest BCUT2D eigenvalue weighted by Gasteiger charge is 2.35. The second-order valence-electron chi connectivity index (χ2n) is 12.7. The van der Waals surface area contributed by atoms with Crippen molar-refractivity contribution in [1.29, 1.82) is 0 Å². The third-order valence-corrected chi connectivity index (χ3v) is 9.74. The number of hydrogen-bond donors (Lipinski definition) is 2. The Labute approximate surface area is 274 Å². The van der Waals surface area contributed by atoms with Gasteiger partial charge in [-0.05, 0) is 67.9 Å². The molecule has 4 aromatic rings. The lowest BCUT2D eigenvalue weighted by atomic mass is 9.82. The van der Waals surface area contributed by atoms with E-state index in [2.05, 4.69) is 37.1 Å². The molecule has 2 atom stereocenters. The number of aromatic nitrogens is 3. The van der Waals surface area contributed by atoms with Gasteiger partial charge in [0.15, 0.2) is 0 Å². The van der Waals surface area contributed by atoms with Crippen LogP contribution in [0.4, 0.5) is 27.4 Å². The number of nitrogens with zero attached hydrogens (tertiary/aromatic N) is 5. The maximum atomic E-state index is 15.5. The van der Waals surface area contributed by atoms with Gasteiger partial charge in [-0.1, -0.05) is 19.4 Å². The fourth-order valence-electron chi connectivity index (χ4n) is 7.21. The molecular formula is C36H40FN7O3. The first-order valence-corrected chi connectivity index (χ1v) is 16.4. The van der Waals surface area contributed by atoms with E-state index in [1.165, 1.54) is 44.2 Å². The molecule has 0 unspecified atom stereocenters. The highest BCUT2D eigenvalue weighted by molar-refractivity contribution is 5.95. The van der Waals surface area contributed by atoms with Gasteiger partial charge in [-0.25, -0.2) is 19.3 Å². The lowest BCUT2D eigenvalue weighted by molar-refractivity contribution is -0.126. The second kappa shape index (κ2) is 13.4. The van der Waals surface area contributed by atoms with E-state index in [1.807, 2.05) is 18.2 Å². The monoisotopic (exact) mass is 637 g/mol. The maximum Gasteiger partial charge on any atom is 0.245 e. The summed E-state index contributed by atoms with van der Waals surface area (Å²) in [6.07, 6.45) is 11.4. The van der Waals surface area contributed by atoms with E-state index in [-0.39, 0.29) is 17.6 Å². The van der Waals surface area contributed by atoms with Gasteiger partial charge in [-0.3, -0.25) is 4.79 Å². The zero-order chi connectivity index (χ0) is 32.3. The van der Waals surface area contributed by atoms with Crippen LogP contribution in [0.15, 0.2) is 67.6 Å². The molecular weight excluding hydrogens is 597 g/mol. The fraction of sp³-hybridized carbons (Fsp3) is 0.389. The summed E-state index contributed by atoms with van der Waals surface area (Å²) in [6, 6.07) is 12.4. The number of carbonyl (C=O) groups is 1. The van der Waals surface area contributed by atoms with Crippen LogP contribution in [0, 0.1) is 17.7 Å². The van der Waals surface area contributed by atoms with Crippen LogP contribution >= 0.6 is 0 Å². The number of piperidine rings is 1. The first-order chi connectivity index (χ1) is 23.0. The van der Waals surface area contributed by atoms with Crippen molar-refractivity contribution in [3.63, 3.8) is 0 Å². The van der Waals surface area contributed by atoms with Crippen molar-refractivity contribution in [1.82, 2.24) is 19.9 Å². The van der Waals surface area contributed by atoms with E-state index in [0.717, 1.165) is 49.3 Å². The third-order valence-electron chi connectivity index (χ3n) is 9.74. The van der Waals surface area contributed by atoms with Crippen LogP contribution in [0.25, 0.3) is 10.9 Å². The molecule has 2 aromatic carbocycles. The molecule has 2 saturated heterocycles. The molecule has 2 aromatic heterocycles. The lowest BCUT2D eigenvalue weighted by Crippen LogP contribution is -2.41. The predicted octanol–water partition coefficient (Wildman–Crippen LogP) is 6.92. The summed E-state index contributed by atoms with van der Waals surface area (Å²) < 4.78 is 27.2. The van der Waals surface area contributed by atoms with Crippen LogP contribution in [-0.4, -0.2) is 65.1 Å². The number of ether oxygens (including phenoxy) is 2. The Morgan fingerprint density at radius 2 is 1.72 bits per heavy atom. The van der Waals surface area contributed by atoms with Gasteiger partial charge in [-0.15, -0.1) is 0 Å². The van der Waals surface area contributed by atoms with E-state index in [9.17, 15) is 4.79 Å². The predicted molar refractivity (Wildman–Crippen MR) is 181 cm³/mol. The van der Waals surface area contributed by atoms with Crippen molar-refractivity contribution >= 4 is 39.8 Å². The Balaban J connectivity index is 1.05. The summed E-state index contributed by atoms with van der Waals surface area (Å²) >= 11 is 0. The molecule has 10 nitrogen and oxygen atoms in total. The van der Waals surface area contributed by atoms with E-state index < -0.39 is 5.82 Å². The van der Waals surface area contributed by atoms with Crippen molar-refractivity contribution in [3.05, 3.63) is 73.5 Å². The van der Waals surface area contributed by atoms with Gasteiger partial charge in [0.2, 0.25) is 5.91 Å². The summed E-state index contributed by atoms with van der Waals surface area (Å²) in [4.78, 5) is 29.6. The Morgan fingerprint density at radius 3 is 2.45 bits per heavy atom. The van der Waals surface area contributed by atoms with Crippen LogP contribution in [0.3, 0.4) is 0 Å². The van der Waals surface area contributed by atoms with Gasteiger partial charge in [0.05, 0.1) is 24.0 Å². The molecule has 4 heterocycles. The minimum Gasteiger partial charge on any atom is -0.495 e. The molecule has 244 valence electrons. The number of rotatable bonds is 9. The molecule has 0 radical (unpaired) electrons. The molecule has 1 aliphatic carbocycles. The molecule has 0 spiro atoms. The topological polar surface area (TPSA) is 105 Å². The molecule has 3 fully saturated rings. The number of hydrogen-bond acceptors (Lipinski definition) is 9. The van der Waals surface area contributed by atoms with E-state index in [4.69, 9.17) is 9.47 Å². The number of fused-ring (bicyclic) bond motifs is 2. The van der Waals surface area contributed by atoms with Crippen molar-refractivity contribution in [2.75, 3.05) is 48.8 Å². The highest BCUT2D eigenvalue weighted by atomic mass is 19.1. The SMILES string of the molecule is C=CC(=O)N1CCC(Nc2cc3c(Nc4ccc(Oc5ccnc(N6C[C@H]7CCCC[C@H]7C6)c5)cc4F)ncnc3cc2OC)CC1. The second-order valence-corrected chi connectivity index (χ2v) is 12.7. The summed E-state index contributed by atoms with van der Waals surface area (Å²) in [7, 11) is 1.61. The number of nitrogens with one attached hydrogen (secondary N) is 2. The minimum absolute atomic E-state index is 0.0486. The molecule has 7 rings (SSSR count). The molecule has 3 aliphatic rings. The van der Waals surface area contributed by atoms with Crippen LogP contribution in [0.5, 0.6) is 17.2 Å². The Morgan fingerprint density at radius 1 is 0.957 bits per heavy atom. The van der Waals surface area contributed by atoms with Crippen LogP contribution < -0.4 is 25.0 Å². The van der Waals surface area contributed by atoms with E-state index in [0.29, 0.717) is 47.1 Å². The summed E-state index contributed by atoms with van der Waals surface area (Å²) in [5.74, 6) is 4.01. The fourth-order valence-corrected chi connectivity index (χ4v) is 7.21. The zero-order valence-corrected chi connectivity index (χ0v) is 26.6. The Bertz CT molecular complexity index is 1760. The number of likely N-dealkylation sites (tertiary alicyclic amines) is 1. The first-order valence-electron chi connectivity index (χ1n) is 16.4. The van der Waals surface area contributed by atoms with Crippen molar-refractivity contribution in [3.8, 4) is 17.2 Å². The molecule has 2 N–H and O–H groups in total. The Hall–Kier alpha value is -4.93. The van der Waals surface area contributed by atoms with E-state index in [1.54, 1.807) is 36.4 Å². The third kappa shape index (κ3) is 6.65. The van der Waals surface area contributed by atoms with Crippen LogP contribution in [0.1, 0.15) is 38.5 Å². The molecule has 47 heavy (non-hydrogen) atoms. The largest absolute Gasteiger partial charge is 0.495 e. The average Bonchev–Trinajstić information content (AvgIpc) is 3.54. The number of carbonyl (C=O) groups excluding carboxylic acids is 1. The number of pyridine rings is 1. The molecule has 1 amide bonds. The van der Waals surface area contributed by atoms with Crippen molar-refractivity contribution < 1.29 is 18.7 Å². The first kappa shape index (κ1) is 30.7. The summed E-state index contributed by atoms with van der Waals surface area (Å²) in [6.45, 7) is 6.96. The minimum atomic E-state index is -0.472. The highest BCUT2D eigenvalue weighted by Crippen LogP contribution is 2.39. The van der Waals surface area contributed by atoms with Crippen molar-refractivity contribution in [2.45, 2.75) is 44.6 Å². The molecule has 2 aliphatic heterocycles. The molecule has 11 heteroatoms. The lowest BCUT2D eigenvalue weighted by Gasteiger charge is -2.32. The normalized spacial score (nSPS) is 19.7. The van der Waals surface area contributed by atoms with Crippen molar-refractivity contribution in [2.24, 2.45) is 11.8 Å². The number of methoxy groups -OCH3 is 1. The smallest absolute Gasteiger partial charge is 0.245 e. The number of anilines is 4.